The molecule has 1 rings (SSSR count). The Bertz CT molecular complexity index is 295. The number of carbonyl (C=O) groups excluding carboxylic acids is 1. The van der Waals surface area contributed by atoms with Crippen molar-refractivity contribution in [1.29, 1.82) is 0 Å². The van der Waals surface area contributed by atoms with Gasteiger partial charge in [-0.15, -0.1) is 0 Å². The zero-order chi connectivity index (χ0) is 9.90. The van der Waals surface area contributed by atoms with Gasteiger partial charge in [-0.25, -0.2) is 0 Å². The summed E-state index contributed by atoms with van der Waals surface area (Å²) < 4.78 is -1.42. The number of pyridine rings is 1. The molecule has 1 aromatic heterocycles. The van der Waals surface area contributed by atoms with Gasteiger partial charge in [-0.1, -0.05) is 23.2 Å². The van der Waals surface area contributed by atoms with Crippen LogP contribution in [0, 0.1) is 0 Å². The van der Waals surface area contributed by atoms with E-state index in [1.54, 1.807) is 18.3 Å². The van der Waals surface area contributed by atoms with E-state index in [1.165, 1.54) is 13.1 Å². The van der Waals surface area contributed by atoms with Crippen molar-refractivity contribution >= 4 is 34.8 Å². The second-order valence-corrected chi connectivity index (χ2v) is 4.29. The van der Waals surface area contributed by atoms with Crippen molar-refractivity contribution in [2.75, 3.05) is 5.32 Å². The van der Waals surface area contributed by atoms with Crippen LogP contribution in [0.25, 0.3) is 0 Å². The Hall–Kier alpha value is -0.800. The van der Waals surface area contributed by atoms with Crippen molar-refractivity contribution in [2.45, 2.75) is 11.3 Å². The van der Waals surface area contributed by atoms with Crippen molar-refractivity contribution in [3.63, 3.8) is 0 Å². The smallest absolute Gasteiger partial charge is 0.260 e. The van der Waals surface area contributed by atoms with Gasteiger partial charge in [0.1, 0.15) is 0 Å². The topological polar surface area (TPSA) is 42.0 Å². The Morgan fingerprint density at radius 1 is 1.62 bits per heavy atom. The lowest BCUT2D eigenvalue weighted by atomic mass is 10.4. The fraction of sp³-hybridized carbons (Fsp3) is 0.250. The predicted molar refractivity (Wildman–Crippen MR) is 53.0 cm³/mol. The lowest BCUT2D eigenvalue weighted by Crippen LogP contribution is -2.29. The van der Waals surface area contributed by atoms with E-state index in [0.717, 1.165) is 0 Å². The number of nitrogens with one attached hydrogen (secondary N) is 1. The molecule has 0 fully saturated rings. The summed E-state index contributed by atoms with van der Waals surface area (Å²) in [5.41, 5.74) is 0.569. The Morgan fingerprint density at radius 3 is 2.77 bits per heavy atom. The molecule has 0 radical (unpaired) electrons. The van der Waals surface area contributed by atoms with Gasteiger partial charge >= 0.3 is 0 Å². The molecule has 0 saturated carbocycles. The van der Waals surface area contributed by atoms with Crippen LogP contribution >= 0.6 is 23.2 Å². The summed E-state index contributed by atoms with van der Waals surface area (Å²) in [6, 6.07) is 3.40. The highest BCUT2D eigenvalue weighted by molar-refractivity contribution is 6.58. The summed E-state index contributed by atoms with van der Waals surface area (Å²) in [6.45, 7) is 1.40. The first-order valence-corrected chi connectivity index (χ1v) is 4.35. The van der Waals surface area contributed by atoms with Gasteiger partial charge in [0, 0.05) is 6.20 Å². The van der Waals surface area contributed by atoms with Crippen molar-refractivity contribution in [3.05, 3.63) is 24.5 Å². The molecule has 0 unspecified atom stereocenters. The molecule has 1 aromatic rings. The fourth-order valence-electron chi connectivity index (χ4n) is 0.678. The normalized spacial score (nSPS) is 11.0. The largest absolute Gasteiger partial charge is 0.322 e. The third-order valence-electron chi connectivity index (χ3n) is 1.32. The molecule has 0 spiro atoms. The predicted octanol–water partition coefficient (Wildman–Crippen LogP) is 2.21. The quantitative estimate of drug-likeness (QED) is 0.774. The minimum Gasteiger partial charge on any atom is -0.322 e. The maximum Gasteiger partial charge on any atom is 0.260 e. The molecular weight excluding hydrogens is 211 g/mol. The van der Waals surface area contributed by atoms with Crippen LogP contribution in [-0.2, 0) is 4.79 Å². The van der Waals surface area contributed by atoms with Gasteiger partial charge in [0.05, 0.1) is 11.9 Å². The summed E-state index contributed by atoms with van der Waals surface area (Å²) in [6.07, 6.45) is 3.12. The maximum absolute atomic E-state index is 11.2. The van der Waals surface area contributed by atoms with E-state index in [9.17, 15) is 4.79 Å². The molecule has 0 aliphatic heterocycles. The van der Waals surface area contributed by atoms with Gasteiger partial charge in [0.25, 0.3) is 5.91 Å². The first-order chi connectivity index (χ1) is 6.00. The van der Waals surface area contributed by atoms with E-state index in [1.807, 2.05) is 0 Å². The van der Waals surface area contributed by atoms with Crippen molar-refractivity contribution < 1.29 is 4.79 Å². The second kappa shape index (κ2) is 3.94. The Morgan fingerprint density at radius 2 is 2.31 bits per heavy atom. The van der Waals surface area contributed by atoms with Crippen LogP contribution in [0.2, 0.25) is 0 Å². The molecule has 5 heteroatoms. The van der Waals surface area contributed by atoms with Crippen LogP contribution in [0.15, 0.2) is 24.5 Å². The van der Waals surface area contributed by atoms with Gasteiger partial charge in [-0.2, -0.15) is 0 Å². The monoisotopic (exact) mass is 218 g/mol. The molecule has 1 heterocycles. The molecule has 13 heavy (non-hydrogen) atoms. The number of nitrogens with zero attached hydrogens (tertiary/aromatic N) is 1. The first-order valence-electron chi connectivity index (χ1n) is 3.59. The summed E-state index contributed by atoms with van der Waals surface area (Å²) in [5.74, 6) is -0.469. The zero-order valence-electron chi connectivity index (χ0n) is 6.92. The summed E-state index contributed by atoms with van der Waals surface area (Å²) in [5, 5.41) is 2.52. The molecule has 0 aliphatic carbocycles. The highest BCUT2D eigenvalue weighted by Crippen LogP contribution is 2.21. The van der Waals surface area contributed by atoms with Crippen molar-refractivity contribution in [3.8, 4) is 0 Å². The van der Waals surface area contributed by atoms with Gasteiger partial charge in [-0.05, 0) is 19.1 Å². The summed E-state index contributed by atoms with van der Waals surface area (Å²) in [7, 11) is 0. The van der Waals surface area contributed by atoms with Gasteiger partial charge in [-0.3, -0.25) is 9.78 Å². The maximum atomic E-state index is 11.2. The molecule has 1 amide bonds. The van der Waals surface area contributed by atoms with Crippen LogP contribution in [0.4, 0.5) is 5.69 Å². The van der Waals surface area contributed by atoms with Gasteiger partial charge in [0.15, 0.2) is 4.33 Å². The number of halogens is 2. The molecule has 0 atom stereocenters. The van der Waals surface area contributed by atoms with Crippen LogP contribution in [0.3, 0.4) is 0 Å². The SMILES string of the molecule is CC(Cl)(Cl)C(=O)Nc1cccnc1. The molecule has 1 N–H and O–H groups in total. The van der Waals surface area contributed by atoms with E-state index < -0.39 is 10.2 Å². The number of carbonyl (C=O) groups is 1. The number of hydrogen-bond acceptors (Lipinski definition) is 2. The van der Waals surface area contributed by atoms with Crippen molar-refractivity contribution in [2.24, 2.45) is 0 Å². The average molecular weight is 219 g/mol. The standard InChI is InChI=1S/C8H8Cl2N2O/c1-8(9,10)7(13)12-6-3-2-4-11-5-6/h2-5H,1H3,(H,12,13). The highest BCUT2D eigenvalue weighted by Gasteiger charge is 2.27. The lowest BCUT2D eigenvalue weighted by Gasteiger charge is -2.12. The third kappa shape index (κ3) is 3.20. The van der Waals surface area contributed by atoms with Crippen LogP contribution < -0.4 is 5.32 Å². The highest BCUT2D eigenvalue weighted by atomic mass is 35.5. The Balaban J connectivity index is 2.66. The molecule has 0 aromatic carbocycles. The van der Waals surface area contributed by atoms with E-state index in [0.29, 0.717) is 5.69 Å². The van der Waals surface area contributed by atoms with E-state index in [-0.39, 0.29) is 0 Å². The minimum absolute atomic E-state index is 0.469. The fourth-order valence-corrected chi connectivity index (χ4v) is 0.772. The number of amides is 1. The van der Waals surface area contributed by atoms with Gasteiger partial charge < -0.3 is 5.32 Å². The lowest BCUT2D eigenvalue weighted by molar-refractivity contribution is -0.116. The molecule has 0 saturated heterocycles. The van der Waals surface area contributed by atoms with E-state index >= 15 is 0 Å². The zero-order valence-corrected chi connectivity index (χ0v) is 8.43. The minimum atomic E-state index is -1.42. The first kappa shape index (κ1) is 10.3. The second-order valence-electron chi connectivity index (χ2n) is 2.58. The molecule has 3 nitrogen and oxygen atoms in total. The van der Waals surface area contributed by atoms with Crippen molar-refractivity contribution in [1.82, 2.24) is 4.98 Å². The Labute approximate surface area is 86.1 Å². The van der Waals surface area contributed by atoms with Crippen LogP contribution in [0.5, 0.6) is 0 Å². The van der Waals surface area contributed by atoms with Gasteiger partial charge in [0.2, 0.25) is 0 Å². The van der Waals surface area contributed by atoms with E-state index in [4.69, 9.17) is 23.2 Å². The number of anilines is 1. The molecule has 70 valence electrons. The summed E-state index contributed by atoms with van der Waals surface area (Å²) in [4.78, 5) is 15.1. The average Bonchev–Trinajstić information content (AvgIpc) is 2.04. The van der Waals surface area contributed by atoms with Crippen LogP contribution in [-0.4, -0.2) is 15.2 Å². The number of hydrogen-bond donors (Lipinski definition) is 1. The third-order valence-corrected chi connectivity index (χ3v) is 1.66. The Kier molecular flexibility index (Phi) is 3.12. The molecule has 0 aliphatic rings. The number of rotatable bonds is 2. The van der Waals surface area contributed by atoms with E-state index in [2.05, 4.69) is 10.3 Å². The number of aromatic nitrogens is 1. The summed E-state index contributed by atoms with van der Waals surface area (Å²) >= 11 is 11.1. The molecular formula is C8H8Cl2N2O. The molecule has 0 bridgehead atoms. The van der Waals surface area contributed by atoms with Crippen LogP contribution in [0.1, 0.15) is 6.92 Å². The number of alkyl halides is 2.